The van der Waals surface area contributed by atoms with Crippen molar-refractivity contribution in [3.8, 4) is 0 Å². The molecule has 1 aromatic heterocycles. The van der Waals surface area contributed by atoms with Crippen molar-refractivity contribution < 1.29 is 9.18 Å². The molecule has 23 heavy (non-hydrogen) atoms. The second-order valence-corrected chi connectivity index (χ2v) is 5.08. The Hall–Kier alpha value is -3.02. The highest BCUT2D eigenvalue weighted by Crippen LogP contribution is 2.05. The summed E-state index contributed by atoms with van der Waals surface area (Å²) in [5, 5.41) is 10.8. The third kappa shape index (κ3) is 4.00. The van der Waals surface area contributed by atoms with E-state index in [0.29, 0.717) is 24.3 Å². The van der Waals surface area contributed by atoms with E-state index in [-0.39, 0.29) is 11.7 Å². The van der Waals surface area contributed by atoms with Crippen LogP contribution in [0, 0.1) is 5.82 Å². The molecule has 3 aromatic rings. The van der Waals surface area contributed by atoms with Gasteiger partial charge < -0.3 is 5.32 Å². The van der Waals surface area contributed by atoms with Gasteiger partial charge in [-0.3, -0.25) is 4.79 Å². The average molecular weight is 310 g/mol. The highest BCUT2D eigenvalue weighted by molar-refractivity contribution is 5.93. The molecule has 2 aromatic carbocycles. The van der Waals surface area contributed by atoms with Crippen LogP contribution in [0.4, 0.5) is 4.39 Å². The van der Waals surface area contributed by atoms with Gasteiger partial charge in [0.05, 0.1) is 19.3 Å². The van der Waals surface area contributed by atoms with Gasteiger partial charge in [-0.05, 0) is 29.8 Å². The van der Waals surface area contributed by atoms with Crippen molar-refractivity contribution in [1.82, 2.24) is 20.3 Å². The summed E-state index contributed by atoms with van der Waals surface area (Å²) in [6.07, 6.45) is 1.76. The number of amides is 1. The Labute approximate surface area is 132 Å². The molecule has 116 valence electrons. The Morgan fingerprint density at radius 3 is 2.57 bits per heavy atom. The van der Waals surface area contributed by atoms with Gasteiger partial charge in [0.15, 0.2) is 0 Å². The predicted molar refractivity (Wildman–Crippen MR) is 83.1 cm³/mol. The first kappa shape index (κ1) is 14.9. The van der Waals surface area contributed by atoms with Gasteiger partial charge >= 0.3 is 0 Å². The van der Waals surface area contributed by atoms with Crippen LogP contribution in [-0.2, 0) is 13.1 Å². The summed E-state index contributed by atoms with van der Waals surface area (Å²) < 4.78 is 14.5. The van der Waals surface area contributed by atoms with E-state index in [0.717, 1.165) is 5.56 Å². The van der Waals surface area contributed by atoms with Crippen LogP contribution in [0.15, 0.2) is 60.8 Å². The maximum atomic E-state index is 12.9. The summed E-state index contributed by atoms with van der Waals surface area (Å²) in [5.74, 6) is -0.421. The Bertz CT molecular complexity index is 784. The number of hydrogen-bond acceptors (Lipinski definition) is 3. The van der Waals surface area contributed by atoms with Crippen molar-refractivity contribution in [2.24, 2.45) is 0 Å². The molecule has 0 saturated carbocycles. The van der Waals surface area contributed by atoms with Crippen LogP contribution in [0.25, 0.3) is 0 Å². The average Bonchev–Trinajstić information content (AvgIpc) is 3.03. The minimum atomic E-state index is -0.267. The largest absolute Gasteiger partial charge is 0.346 e. The minimum absolute atomic E-state index is 0.154. The number of aromatic nitrogens is 3. The number of hydrogen-bond donors (Lipinski definition) is 1. The maximum absolute atomic E-state index is 12.9. The number of carbonyl (C=O) groups excluding carboxylic acids is 1. The van der Waals surface area contributed by atoms with Crippen LogP contribution < -0.4 is 5.32 Å². The van der Waals surface area contributed by atoms with Crippen LogP contribution in [0.2, 0.25) is 0 Å². The molecule has 0 spiro atoms. The van der Waals surface area contributed by atoms with Gasteiger partial charge in [0.25, 0.3) is 5.91 Å². The van der Waals surface area contributed by atoms with Crippen molar-refractivity contribution in [3.63, 3.8) is 0 Å². The van der Waals surface area contributed by atoms with E-state index in [1.807, 2.05) is 18.2 Å². The Balaban J connectivity index is 1.57. The second kappa shape index (κ2) is 6.83. The fraction of sp³-hybridized carbons (Fsp3) is 0.118. The van der Waals surface area contributed by atoms with Crippen molar-refractivity contribution >= 4 is 5.91 Å². The van der Waals surface area contributed by atoms with Crippen LogP contribution in [0.1, 0.15) is 21.6 Å². The summed E-state index contributed by atoms with van der Waals surface area (Å²) in [5.41, 5.74) is 2.19. The Morgan fingerprint density at radius 2 is 1.83 bits per heavy atom. The lowest BCUT2D eigenvalue weighted by Crippen LogP contribution is -2.22. The molecule has 1 N–H and O–H groups in total. The first-order valence-corrected chi connectivity index (χ1v) is 7.17. The zero-order valence-corrected chi connectivity index (χ0v) is 12.3. The quantitative estimate of drug-likeness (QED) is 0.787. The standard InChI is InChI=1S/C17H15FN4O/c18-15-8-6-13(7-9-15)11-22-12-16(20-21-22)10-19-17(23)14-4-2-1-3-5-14/h1-9,12H,10-11H2,(H,19,23). The van der Waals surface area contributed by atoms with Crippen molar-refractivity contribution in [2.45, 2.75) is 13.1 Å². The zero-order valence-electron chi connectivity index (χ0n) is 12.3. The van der Waals surface area contributed by atoms with Crippen LogP contribution >= 0.6 is 0 Å². The van der Waals surface area contributed by atoms with E-state index in [1.54, 1.807) is 35.1 Å². The van der Waals surface area contributed by atoms with Crippen molar-refractivity contribution in [2.75, 3.05) is 0 Å². The topological polar surface area (TPSA) is 59.8 Å². The van der Waals surface area contributed by atoms with Gasteiger partial charge in [-0.15, -0.1) is 5.10 Å². The summed E-state index contributed by atoms with van der Waals surface area (Å²) in [7, 11) is 0. The maximum Gasteiger partial charge on any atom is 0.251 e. The molecule has 0 aliphatic rings. The van der Waals surface area contributed by atoms with Gasteiger partial charge in [0.1, 0.15) is 11.5 Å². The van der Waals surface area contributed by atoms with Gasteiger partial charge in [-0.25, -0.2) is 9.07 Å². The smallest absolute Gasteiger partial charge is 0.251 e. The van der Waals surface area contributed by atoms with E-state index in [4.69, 9.17) is 0 Å². The van der Waals surface area contributed by atoms with Gasteiger partial charge in [0.2, 0.25) is 0 Å². The second-order valence-electron chi connectivity index (χ2n) is 5.08. The summed E-state index contributed by atoms with van der Waals surface area (Å²) in [6, 6.07) is 15.2. The molecule has 1 amide bonds. The summed E-state index contributed by atoms with van der Waals surface area (Å²) in [4.78, 5) is 11.9. The number of halogens is 1. The first-order chi connectivity index (χ1) is 11.2. The van der Waals surface area contributed by atoms with Crippen LogP contribution in [-0.4, -0.2) is 20.9 Å². The van der Waals surface area contributed by atoms with Crippen molar-refractivity contribution in [3.05, 3.63) is 83.4 Å². The summed E-state index contributed by atoms with van der Waals surface area (Å²) in [6.45, 7) is 0.803. The van der Waals surface area contributed by atoms with Crippen LogP contribution in [0.5, 0.6) is 0 Å². The SMILES string of the molecule is O=C(NCc1cn(Cc2ccc(F)cc2)nn1)c1ccccc1. The van der Waals surface area contributed by atoms with Gasteiger partial charge in [0, 0.05) is 5.56 Å². The lowest BCUT2D eigenvalue weighted by Gasteiger charge is -2.02. The van der Waals surface area contributed by atoms with E-state index >= 15 is 0 Å². The lowest BCUT2D eigenvalue weighted by atomic mass is 10.2. The number of nitrogens with zero attached hydrogens (tertiary/aromatic N) is 3. The van der Waals surface area contributed by atoms with Gasteiger partial charge in [-0.1, -0.05) is 35.5 Å². The minimum Gasteiger partial charge on any atom is -0.346 e. The molecule has 1 heterocycles. The normalized spacial score (nSPS) is 10.5. The third-order valence-electron chi connectivity index (χ3n) is 3.31. The highest BCUT2D eigenvalue weighted by Gasteiger charge is 2.06. The Kier molecular flexibility index (Phi) is 4.42. The van der Waals surface area contributed by atoms with E-state index in [9.17, 15) is 9.18 Å². The third-order valence-corrected chi connectivity index (χ3v) is 3.31. The molecular weight excluding hydrogens is 295 g/mol. The fourth-order valence-electron chi connectivity index (χ4n) is 2.14. The molecule has 0 aliphatic carbocycles. The lowest BCUT2D eigenvalue weighted by molar-refractivity contribution is 0.0950. The van der Waals surface area contributed by atoms with E-state index in [1.165, 1.54) is 12.1 Å². The molecule has 3 rings (SSSR count). The first-order valence-electron chi connectivity index (χ1n) is 7.17. The fourth-order valence-corrected chi connectivity index (χ4v) is 2.14. The monoisotopic (exact) mass is 310 g/mol. The molecule has 0 atom stereocenters. The zero-order chi connectivity index (χ0) is 16.1. The van der Waals surface area contributed by atoms with E-state index in [2.05, 4.69) is 15.6 Å². The number of nitrogens with one attached hydrogen (secondary N) is 1. The number of benzene rings is 2. The Morgan fingerprint density at radius 1 is 1.09 bits per heavy atom. The van der Waals surface area contributed by atoms with Crippen molar-refractivity contribution in [1.29, 1.82) is 0 Å². The van der Waals surface area contributed by atoms with E-state index < -0.39 is 0 Å². The molecule has 0 radical (unpaired) electrons. The molecule has 0 saturated heterocycles. The molecule has 0 bridgehead atoms. The van der Waals surface area contributed by atoms with Gasteiger partial charge in [-0.2, -0.15) is 0 Å². The van der Waals surface area contributed by atoms with Crippen LogP contribution in [0.3, 0.4) is 0 Å². The molecule has 0 aliphatic heterocycles. The number of carbonyl (C=O) groups is 1. The predicted octanol–water partition coefficient (Wildman–Crippen LogP) is 2.40. The molecular formula is C17H15FN4O. The highest BCUT2D eigenvalue weighted by atomic mass is 19.1. The molecule has 5 nitrogen and oxygen atoms in total. The number of rotatable bonds is 5. The molecule has 0 unspecified atom stereocenters. The summed E-state index contributed by atoms with van der Waals surface area (Å²) >= 11 is 0. The molecule has 6 heteroatoms. The molecule has 0 fully saturated rings.